The number of anilines is 1. The number of ether oxygens (including phenoxy) is 1. The molecule has 1 amide bonds. The van der Waals surface area contributed by atoms with Crippen molar-refractivity contribution in [3.8, 4) is 0 Å². The molecule has 2 unspecified atom stereocenters. The summed E-state index contributed by atoms with van der Waals surface area (Å²) in [5.74, 6) is 0.0940. The average molecular weight is 252 g/mol. The molecule has 1 saturated carbocycles. The van der Waals surface area contributed by atoms with Gasteiger partial charge < -0.3 is 15.8 Å². The van der Waals surface area contributed by atoms with Crippen molar-refractivity contribution in [1.82, 2.24) is 9.78 Å². The fraction of sp³-hybridized carbons (Fsp3) is 0.667. The Hall–Kier alpha value is -1.40. The Bertz CT molecular complexity index is 405. The van der Waals surface area contributed by atoms with Gasteiger partial charge in [-0.25, -0.2) is 0 Å². The maximum Gasteiger partial charge on any atom is 0.227 e. The molecule has 1 fully saturated rings. The van der Waals surface area contributed by atoms with Crippen LogP contribution in [0, 0.1) is 5.92 Å². The van der Waals surface area contributed by atoms with Crippen LogP contribution < -0.4 is 11.1 Å². The zero-order chi connectivity index (χ0) is 13.0. The Morgan fingerprint density at radius 2 is 2.50 bits per heavy atom. The van der Waals surface area contributed by atoms with E-state index in [9.17, 15) is 4.79 Å². The van der Waals surface area contributed by atoms with Crippen molar-refractivity contribution in [1.29, 1.82) is 0 Å². The molecule has 18 heavy (non-hydrogen) atoms. The summed E-state index contributed by atoms with van der Waals surface area (Å²) in [5.41, 5.74) is 6.54. The second-order valence-corrected chi connectivity index (χ2v) is 4.74. The fourth-order valence-corrected chi connectivity index (χ4v) is 2.23. The third kappa shape index (κ3) is 3.30. The van der Waals surface area contributed by atoms with Gasteiger partial charge >= 0.3 is 0 Å². The first-order chi connectivity index (χ1) is 8.69. The number of carbonyl (C=O) groups excluding carboxylic acids is 1. The molecule has 0 aromatic carbocycles. The van der Waals surface area contributed by atoms with E-state index >= 15 is 0 Å². The number of carbonyl (C=O) groups is 1. The monoisotopic (exact) mass is 252 g/mol. The second-order valence-electron chi connectivity index (χ2n) is 4.74. The van der Waals surface area contributed by atoms with Crippen molar-refractivity contribution in [2.24, 2.45) is 11.7 Å². The maximum atomic E-state index is 12.0. The molecule has 0 spiro atoms. The number of nitrogens with two attached hydrogens (primary N) is 1. The quantitative estimate of drug-likeness (QED) is 0.803. The van der Waals surface area contributed by atoms with Gasteiger partial charge in [0, 0.05) is 25.3 Å². The number of hydrogen-bond acceptors (Lipinski definition) is 4. The van der Waals surface area contributed by atoms with Crippen LogP contribution in [0.3, 0.4) is 0 Å². The van der Waals surface area contributed by atoms with Gasteiger partial charge in [0.25, 0.3) is 0 Å². The van der Waals surface area contributed by atoms with Gasteiger partial charge in [0.1, 0.15) is 0 Å². The zero-order valence-electron chi connectivity index (χ0n) is 10.6. The summed E-state index contributed by atoms with van der Waals surface area (Å²) in [5, 5.41) is 7.03. The molecule has 2 rings (SSSR count). The van der Waals surface area contributed by atoms with Crippen LogP contribution in [0.15, 0.2) is 12.4 Å². The number of amides is 1. The predicted molar refractivity (Wildman–Crippen MR) is 68.0 cm³/mol. The maximum absolute atomic E-state index is 12.0. The van der Waals surface area contributed by atoms with E-state index in [1.807, 2.05) is 6.20 Å². The summed E-state index contributed by atoms with van der Waals surface area (Å²) in [6.45, 7) is 1.28. The van der Waals surface area contributed by atoms with E-state index in [2.05, 4.69) is 10.4 Å². The highest BCUT2D eigenvalue weighted by molar-refractivity contribution is 5.92. The molecule has 100 valence electrons. The Balaban J connectivity index is 1.85. The number of nitrogens with zero attached hydrogens (tertiary/aromatic N) is 2. The average Bonchev–Trinajstić information content (AvgIpc) is 2.96. The molecule has 0 saturated heterocycles. The third-order valence-electron chi connectivity index (χ3n) is 3.27. The van der Waals surface area contributed by atoms with Gasteiger partial charge in [-0.15, -0.1) is 0 Å². The smallest absolute Gasteiger partial charge is 0.227 e. The van der Waals surface area contributed by atoms with Crippen LogP contribution in [0.2, 0.25) is 0 Å². The topological polar surface area (TPSA) is 82.2 Å². The van der Waals surface area contributed by atoms with Crippen molar-refractivity contribution in [3.05, 3.63) is 12.4 Å². The van der Waals surface area contributed by atoms with Crippen molar-refractivity contribution in [2.45, 2.75) is 31.8 Å². The van der Waals surface area contributed by atoms with E-state index in [4.69, 9.17) is 10.5 Å². The van der Waals surface area contributed by atoms with Crippen LogP contribution in [-0.2, 0) is 16.1 Å². The minimum absolute atomic E-state index is 0.0438. The van der Waals surface area contributed by atoms with Gasteiger partial charge in [0.2, 0.25) is 5.91 Å². The van der Waals surface area contributed by atoms with Crippen LogP contribution in [0.4, 0.5) is 5.69 Å². The molecule has 1 aromatic rings. The van der Waals surface area contributed by atoms with E-state index < -0.39 is 0 Å². The number of methoxy groups -OCH3 is 1. The van der Waals surface area contributed by atoms with Crippen LogP contribution in [0.5, 0.6) is 0 Å². The van der Waals surface area contributed by atoms with Crippen molar-refractivity contribution in [3.63, 3.8) is 0 Å². The highest BCUT2D eigenvalue weighted by Crippen LogP contribution is 2.25. The normalized spacial score (nSPS) is 23.2. The van der Waals surface area contributed by atoms with Gasteiger partial charge in [0.15, 0.2) is 0 Å². The summed E-state index contributed by atoms with van der Waals surface area (Å²) >= 11 is 0. The summed E-state index contributed by atoms with van der Waals surface area (Å²) < 4.78 is 6.72. The molecule has 1 heterocycles. The largest absolute Gasteiger partial charge is 0.383 e. The van der Waals surface area contributed by atoms with Crippen molar-refractivity contribution >= 4 is 11.6 Å². The third-order valence-corrected chi connectivity index (χ3v) is 3.27. The van der Waals surface area contributed by atoms with Gasteiger partial charge in [-0.3, -0.25) is 9.48 Å². The van der Waals surface area contributed by atoms with Crippen LogP contribution in [0.1, 0.15) is 19.3 Å². The van der Waals surface area contributed by atoms with Crippen molar-refractivity contribution in [2.75, 3.05) is 19.0 Å². The summed E-state index contributed by atoms with van der Waals surface area (Å²) in [6, 6.07) is 0.171. The summed E-state index contributed by atoms with van der Waals surface area (Å²) in [6.07, 6.45) is 6.06. The number of rotatable bonds is 5. The number of hydrogen-bond donors (Lipinski definition) is 2. The number of nitrogens with one attached hydrogen (secondary N) is 1. The Morgan fingerprint density at radius 3 is 3.17 bits per heavy atom. The molecule has 3 N–H and O–H groups in total. The second kappa shape index (κ2) is 5.97. The molecule has 1 aliphatic rings. The van der Waals surface area contributed by atoms with E-state index in [0.29, 0.717) is 13.2 Å². The van der Waals surface area contributed by atoms with Gasteiger partial charge in [0.05, 0.1) is 25.0 Å². The Labute approximate surface area is 106 Å². The minimum Gasteiger partial charge on any atom is -0.383 e. The van der Waals surface area contributed by atoms with Crippen LogP contribution >= 0.6 is 0 Å². The molecule has 1 aliphatic carbocycles. The molecule has 6 nitrogen and oxygen atoms in total. The predicted octanol–water partition coefficient (Wildman–Crippen LogP) is 0.595. The molecular formula is C12H20N4O2. The lowest BCUT2D eigenvalue weighted by Gasteiger charge is -2.08. The van der Waals surface area contributed by atoms with Gasteiger partial charge in [-0.2, -0.15) is 5.10 Å². The molecule has 0 radical (unpaired) electrons. The van der Waals surface area contributed by atoms with E-state index in [-0.39, 0.29) is 17.9 Å². The lowest BCUT2D eigenvalue weighted by molar-refractivity contribution is -0.119. The van der Waals surface area contributed by atoms with E-state index in [1.165, 1.54) is 0 Å². The summed E-state index contributed by atoms with van der Waals surface area (Å²) in [4.78, 5) is 12.0. The molecule has 6 heteroatoms. The van der Waals surface area contributed by atoms with Crippen molar-refractivity contribution < 1.29 is 9.53 Å². The SMILES string of the molecule is COCCn1cc(NC(=O)C2CCC(N)C2)cn1. The first-order valence-electron chi connectivity index (χ1n) is 6.27. The fourth-order valence-electron chi connectivity index (χ4n) is 2.23. The minimum atomic E-state index is 0.0438. The van der Waals surface area contributed by atoms with Crippen LogP contribution in [0.25, 0.3) is 0 Å². The summed E-state index contributed by atoms with van der Waals surface area (Å²) in [7, 11) is 1.65. The molecule has 1 aromatic heterocycles. The van der Waals surface area contributed by atoms with E-state index in [1.54, 1.807) is 18.0 Å². The van der Waals surface area contributed by atoms with Gasteiger partial charge in [-0.05, 0) is 19.3 Å². The highest BCUT2D eigenvalue weighted by Gasteiger charge is 2.27. The zero-order valence-corrected chi connectivity index (χ0v) is 10.6. The highest BCUT2D eigenvalue weighted by atomic mass is 16.5. The Morgan fingerprint density at radius 1 is 1.67 bits per heavy atom. The first kappa shape index (κ1) is 13.0. The standard InChI is InChI=1S/C12H20N4O2/c1-18-5-4-16-8-11(7-14-16)15-12(17)9-2-3-10(13)6-9/h7-10H,2-6,13H2,1H3,(H,15,17). The van der Waals surface area contributed by atoms with E-state index in [0.717, 1.165) is 24.9 Å². The lowest BCUT2D eigenvalue weighted by Crippen LogP contribution is -2.23. The van der Waals surface area contributed by atoms with Crippen LogP contribution in [-0.4, -0.2) is 35.4 Å². The first-order valence-corrected chi connectivity index (χ1v) is 6.27. The lowest BCUT2D eigenvalue weighted by atomic mass is 10.1. The number of aromatic nitrogens is 2. The molecule has 2 atom stereocenters. The molecule has 0 aliphatic heterocycles. The van der Waals surface area contributed by atoms with Gasteiger partial charge in [-0.1, -0.05) is 0 Å². The molecule has 0 bridgehead atoms. The Kier molecular flexibility index (Phi) is 4.33. The molecular weight excluding hydrogens is 232 g/mol.